The van der Waals surface area contributed by atoms with E-state index in [4.69, 9.17) is 5.11 Å². The number of nitrogens with zero attached hydrogens (tertiary/aromatic N) is 1. The molecule has 1 fully saturated rings. The highest BCUT2D eigenvalue weighted by atomic mass is 16.4. The number of urea groups is 1. The summed E-state index contributed by atoms with van der Waals surface area (Å²) < 4.78 is 0. The van der Waals surface area contributed by atoms with Gasteiger partial charge in [0.2, 0.25) is 0 Å². The van der Waals surface area contributed by atoms with Crippen LogP contribution in [-0.4, -0.2) is 41.6 Å². The van der Waals surface area contributed by atoms with Gasteiger partial charge < -0.3 is 15.3 Å². The summed E-state index contributed by atoms with van der Waals surface area (Å²) in [5.74, 6) is -0.521. The third kappa shape index (κ3) is 3.40. The summed E-state index contributed by atoms with van der Waals surface area (Å²) in [6, 6.07) is -0.0521. The standard InChI is InChI=1S/C11H20N2O3/c1-8-5-3-4-6-9(8)13(2)11(16)12-7-10(14)15/h8-9H,3-7H2,1-2H3,(H,12,16)(H,14,15). The molecule has 1 rings (SSSR count). The van der Waals surface area contributed by atoms with Crippen molar-refractivity contribution in [2.75, 3.05) is 13.6 Å². The molecule has 0 aromatic rings. The van der Waals surface area contributed by atoms with Crippen molar-refractivity contribution in [1.29, 1.82) is 0 Å². The van der Waals surface area contributed by atoms with Crippen molar-refractivity contribution in [3.63, 3.8) is 0 Å². The molecule has 0 aliphatic heterocycles. The Balaban J connectivity index is 2.45. The molecule has 0 aromatic carbocycles. The van der Waals surface area contributed by atoms with Gasteiger partial charge in [0.1, 0.15) is 6.54 Å². The summed E-state index contributed by atoms with van der Waals surface area (Å²) in [7, 11) is 1.74. The molecule has 1 aliphatic rings. The van der Waals surface area contributed by atoms with E-state index in [1.54, 1.807) is 11.9 Å². The van der Waals surface area contributed by atoms with Crippen LogP contribution in [0.5, 0.6) is 0 Å². The second kappa shape index (κ2) is 5.72. The first-order valence-corrected chi connectivity index (χ1v) is 5.75. The van der Waals surface area contributed by atoms with Gasteiger partial charge in [-0.15, -0.1) is 0 Å². The molecule has 1 aliphatic carbocycles. The molecule has 0 radical (unpaired) electrons. The minimum absolute atomic E-state index is 0.238. The molecule has 92 valence electrons. The molecule has 2 amide bonds. The quantitative estimate of drug-likeness (QED) is 0.764. The summed E-state index contributed by atoms with van der Waals surface area (Å²) in [6.07, 6.45) is 4.52. The number of amides is 2. The van der Waals surface area contributed by atoms with Gasteiger partial charge in [0.25, 0.3) is 0 Å². The lowest BCUT2D eigenvalue weighted by atomic mass is 9.85. The summed E-state index contributed by atoms with van der Waals surface area (Å²) in [6.45, 7) is 1.83. The van der Waals surface area contributed by atoms with Crippen molar-refractivity contribution in [3.8, 4) is 0 Å². The van der Waals surface area contributed by atoms with Gasteiger partial charge in [0.05, 0.1) is 0 Å². The number of aliphatic carboxylic acids is 1. The van der Waals surface area contributed by atoms with E-state index in [-0.39, 0.29) is 18.6 Å². The molecule has 0 spiro atoms. The Morgan fingerprint density at radius 3 is 2.56 bits per heavy atom. The maximum atomic E-state index is 11.6. The van der Waals surface area contributed by atoms with E-state index in [0.29, 0.717) is 5.92 Å². The zero-order chi connectivity index (χ0) is 12.1. The monoisotopic (exact) mass is 228 g/mol. The van der Waals surface area contributed by atoms with Gasteiger partial charge >= 0.3 is 12.0 Å². The highest BCUT2D eigenvalue weighted by molar-refractivity contribution is 5.79. The number of nitrogens with one attached hydrogen (secondary N) is 1. The Kier molecular flexibility index (Phi) is 4.58. The predicted molar refractivity (Wildman–Crippen MR) is 60.2 cm³/mol. The van der Waals surface area contributed by atoms with E-state index in [0.717, 1.165) is 19.3 Å². The van der Waals surface area contributed by atoms with Crippen LogP contribution >= 0.6 is 0 Å². The van der Waals surface area contributed by atoms with E-state index in [1.165, 1.54) is 6.42 Å². The molecule has 2 N–H and O–H groups in total. The van der Waals surface area contributed by atoms with E-state index >= 15 is 0 Å². The number of carbonyl (C=O) groups is 2. The molecule has 0 heterocycles. The van der Waals surface area contributed by atoms with Crippen molar-refractivity contribution in [3.05, 3.63) is 0 Å². The van der Waals surface area contributed by atoms with Crippen molar-refractivity contribution in [2.45, 2.75) is 38.6 Å². The maximum absolute atomic E-state index is 11.6. The highest BCUT2D eigenvalue weighted by Crippen LogP contribution is 2.27. The van der Waals surface area contributed by atoms with Gasteiger partial charge in [-0.2, -0.15) is 0 Å². The Labute approximate surface area is 95.8 Å². The maximum Gasteiger partial charge on any atom is 0.323 e. The number of carboxylic acids is 1. The highest BCUT2D eigenvalue weighted by Gasteiger charge is 2.27. The summed E-state index contributed by atoms with van der Waals surface area (Å²) in [4.78, 5) is 23.6. The van der Waals surface area contributed by atoms with Gasteiger partial charge in [0.15, 0.2) is 0 Å². The Morgan fingerprint density at radius 1 is 1.38 bits per heavy atom. The third-order valence-electron chi connectivity index (χ3n) is 3.27. The predicted octanol–water partition coefficient (Wildman–Crippen LogP) is 1.29. The van der Waals surface area contributed by atoms with Crippen LogP contribution in [0.25, 0.3) is 0 Å². The molecule has 5 heteroatoms. The van der Waals surface area contributed by atoms with Crippen molar-refractivity contribution in [1.82, 2.24) is 10.2 Å². The smallest absolute Gasteiger partial charge is 0.323 e. The van der Waals surface area contributed by atoms with Crippen molar-refractivity contribution >= 4 is 12.0 Å². The molecule has 0 bridgehead atoms. The van der Waals surface area contributed by atoms with Crippen LogP contribution in [0.3, 0.4) is 0 Å². The molecule has 1 saturated carbocycles. The zero-order valence-electron chi connectivity index (χ0n) is 9.90. The minimum Gasteiger partial charge on any atom is -0.480 e. The first-order chi connectivity index (χ1) is 7.52. The summed E-state index contributed by atoms with van der Waals surface area (Å²) >= 11 is 0. The average molecular weight is 228 g/mol. The van der Waals surface area contributed by atoms with E-state index in [9.17, 15) is 9.59 Å². The number of hydrogen-bond donors (Lipinski definition) is 2. The van der Waals surface area contributed by atoms with Gasteiger partial charge in [-0.3, -0.25) is 4.79 Å². The minimum atomic E-state index is -1.02. The normalized spacial score (nSPS) is 24.9. The molecule has 2 unspecified atom stereocenters. The largest absolute Gasteiger partial charge is 0.480 e. The van der Waals surface area contributed by atoms with Crippen LogP contribution in [0.4, 0.5) is 4.79 Å². The molecule has 0 saturated heterocycles. The van der Waals surface area contributed by atoms with Crippen molar-refractivity contribution < 1.29 is 14.7 Å². The first-order valence-electron chi connectivity index (χ1n) is 5.75. The van der Waals surface area contributed by atoms with Crippen LogP contribution < -0.4 is 5.32 Å². The topological polar surface area (TPSA) is 69.6 Å². The van der Waals surface area contributed by atoms with Gasteiger partial charge in [-0.25, -0.2) is 4.79 Å². The Morgan fingerprint density at radius 2 is 2.00 bits per heavy atom. The van der Waals surface area contributed by atoms with Crippen molar-refractivity contribution in [2.24, 2.45) is 5.92 Å². The molecule has 2 atom stereocenters. The van der Waals surface area contributed by atoms with E-state index < -0.39 is 5.97 Å². The second-order valence-electron chi connectivity index (χ2n) is 4.49. The lowest BCUT2D eigenvalue weighted by molar-refractivity contribution is -0.135. The Bertz CT molecular complexity index is 268. The fourth-order valence-corrected chi connectivity index (χ4v) is 2.30. The molecule has 5 nitrogen and oxygen atoms in total. The molecule has 0 aromatic heterocycles. The fraction of sp³-hybridized carbons (Fsp3) is 0.818. The lowest BCUT2D eigenvalue weighted by Gasteiger charge is -2.36. The second-order valence-corrected chi connectivity index (χ2v) is 4.49. The number of rotatable bonds is 3. The number of carboxylic acid groups (broad SMARTS) is 1. The summed E-state index contributed by atoms with van der Waals surface area (Å²) in [5.41, 5.74) is 0. The van der Waals surface area contributed by atoms with Gasteiger partial charge in [-0.1, -0.05) is 19.8 Å². The van der Waals surface area contributed by atoms with Gasteiger partial charge in [0, 0.05) is 13.1 Å². The SMILES string of the molecule is CC1CCCCC1N(C)C(=O)NCC(=O)O. The first kappa shape index (κ1) is 12.8. The zero-order valence-corrected chi connectivity index (χ0v) is 9.90. The third-order valence-corrected chi connectivity index (χ3v) is 3.27. The van der Waals surface area contributed by atoms with Crippen LogP contribution in [0.1, 0.15) is 32.6 Å². The van der Waals surface area contributed by atoms with Crippen LogP contribution in [0, 0.1) is 5.92 Å². The summed E-state index contributed by atoms with van der Waals surface area (Å²) in [5, 5.41) is 10.9. The molecular weight excluding hydrogens is 208 g/mol. The number of carbonyl (C=O) groups excluding carboxylic acids is 1. The van der Waals surface area contributed by atoms with Gasteiger partial charge in [-0.05, 0) is 18.8 Å². The van der Waals surface area contributed by atoms with Crippen LogP contribution in [0.2, 0.25) is 0 Å². The average Bonchev–Trinajstić information content (AvgIpc) is 2.25. The Hall–Kier alpha value is -1.26. The molecular formula is C11H20N2O3. The van der Waals surface area contributed by atoms with E-state index in [2.05, 4.69) is 12.2 Å². The van der Waals surface area contributed by atoms with E-state index in [1.807, 2.05) is 0 Å². The van der Waals surface area contributed by atoms with Crippen LogP contribution in [0.15, 0.2) is 0 Å². The van der Waals surface area contributed by atoms with Crippen LogP contribution in [-0.2, 0) is 4.79 Å². The lowest BCUT2D eigenvalue weighted by Crippen LogP contribution is -2.48. The fourth-order valence-electron chi connectivity index (χ4n) is 2.30. The number of hydrogen-bond acceptors (Lipinski definition) is 2. The molecule has 16 heavy (non-hydrogen) atoms.